The molecular formula is C18H17F2NO7. The third-order valence-electron chi connectivity index (χ3n) is 3.48. The Balaban J connectivity index is 1.99. The van der Waals surface area contributed by atoms with Crippen LogP contribution in [-0.2, 0) is 16.1 Å². The summed E-state index contributed by atoms with van der Waals surface area (Å²) >= 11 is 0. The number of carbonyl (C=O) groups is 1. The first-order valence-electron chi connectivity index (χ1n) is 8.04. The molecule has 0 heterocycles. The number of para-hydroxylation sites is 1. The van der Waals surface area contributed by atoms with Gasteiger partial charge in [0.1, 0.15) is 12.4 Å². The molecule has 2 aromatic carbocycles. The average Bonchev–Trinajstić information content (AvgIpc) is 2.67. The van der Waals surface area contributed by atoms with Crippen molar-refractivity contribution in [3.8, 4) is 17.2 Å². The van der Waals surface area contributed by atoms with Crippen LogP contribution in [0.25, 0.3) is 0 Å². The topological polar surface area (TPSA) is 97.1 Å². The van der Waals surface area contributed by atoms with Crippen molar-refractivity contribution >= 4 is 11.7 Å². The van der Waals surface area contributed by atoms with Crippen molar-refractivity contribution in [2.75, 3.05) is 13.7 Å². The number of alkyl halides is 2. The SMILES string of the molecule is COc1cc(COC(=O)CCOc2ccccc2)c([N+](=O)[O-])cc1OC(F)F. The van der Waals surface area contributed by atoms with Crippen LogP contribution < -0.4 is 14.2 Å². The van der Waals surface area contributed by atoms with Crippen molar-refractivity contribution in [2.45, 2.75) is 19.6 Å². The summed E-state index contributed by atoms with van der Waals surface area (Å²) in [6.07, 6.45) is -0.0770. The van der Waals surface area contributed by atoms with Gasteiger partial charge in [0, 0.05) is 0 Å². The lowest BCUT2D eigenvalue weighted by Crippen LogP contribution is -2.11. The number of carbonyl (C=O) groups excluding carboxylic acids is 1. The standard InChI is InChI=1S/C18H17F2NO7/c1-25-15-9-12(14(21(23)24)10-16(15)28-18(19)20)11-27-17(22)7-8-26-13-5-3-2-4-6-13/h2-6,9-10,18H,7-8,11H2,1H3. The van der Waals surface area contributed by atoms with Crippen LogP contribution in [0.5, 0.6) is 17.2 Å². The van der Waals surface area contributed by atoms with Gasteiger partial charge >= 0.3 is 12.6 Å². The molecule has 0 saturated carbocycles. The summed E-state index contributed by atoms with van der Waals surface area (Å²) in [7, 11) is 1.19. The number of nitro benzene ring substituents is 1. The largest absolute Gasteiger partial charge is 0.493 e. The monoisotopic (exact) mass is 397 g/mol. The van der Waals surface area contributed by atoms with E-state index in [4.69, 9.17) is 14.2 Å². The van der Waals surface area contributed by atoms with E-state index in [0.29, 0.717) is 5.75 Å². The summed E-state index contributed by atoms with van der Waals surface area (Å²) in [6, 6.07) is 10.7. The van der Waals surface area contributed by atoms with E-state index in [2.05, 4.69) is 4.74 Å². The molecule has 0 aliphatic carbocycles. The van der Waals surface area contributed by atoms with E-state index in [1.807, 2.05) is 6.07 Å². The van der Waals surface area contributed by atoms with Gasteiger partial charge in [0.2, 0.25) is 0 Å². The third kappa shape index (κ3) is 6.08. The highest BCUT2D eigenvalue weighted by Crippen LogP contribution is 2.36. The first-order chi connectivity index (χ1) is 13.4. The first-order valence-corrected chi connectivity index (χ1v) is 8.04. The van der Waals surface area contributed by atoms with Gasteiger partial charge in [0.05, 0.1) is 36.7 Å². The van der Waals surface area contributed by atoms with E-state index in [1.54, 1.807) is 24.3 Å². The summed E-state index contributed by atoms with van der Waals surface area (Å²) in [4.78, 5) is 22.2. The van der Waals surface area contributed by atoms with Crippen LogP contribution in [0.3, 0.4) is 0 Å². The minimum Gasteiger partial charge on any atom is -0.493 e. The fraction of sp³-hybridized carbons (Fsp3) is 0.278. The maximum absolute atomic E-state index is 12.4. The highest BCUT2D eigenvalue weighted by molar-refractivity contribution is 5.69. The predicted octanol–water partition coefficient (Wildman–Crippen LogP) is 3.72. The number of rotatable bonds is 10. The van der Waals surface area contributed by atoms with Crippen LogP contribution >= 0.6 is 0 Å². The zero-order valence-corrected chi connectivity index (χ0v) is 14.8. The summed E-state index contributed by atoms with van der Waals surface area (Å²) in [6.45, 7) is -3.55. The normalized spacial score (nSPS) is 10.4. The molecule has 0 spiro atoms. The molecule has 2 aromatic rings. The lowest BCUT2D eigenvalue weighted by molar-refractivity contribution is -0.386. The number of hydrogen-bond donors (Lipinski definition) is 0. The Morgan fingerprint density at radius 2 is 1.89 bits per heavy atom. The second-order valence-corrected chi connectivity index (χ2v) is 5.34. The molecular weight excluding hydrogens is 380 g/mol. The van der Waals surface area contributed by atoms with Gasteiger partial charge in [0.15, 0.2) is 11.5 Å². The van der Waals surface area contributed by atoms with Gasteiger partial charge in [-0.3, -0.25) is 14.9 Å². The number of nitrogens with zero attached hydrogens (tertiary/aromatic N) is 1. The molecule has 0 amide bonds. The molecule has 10 heteroatoms. The Kier molecular flexibility index (Phi) is 7.49. The van der Waals surface area contributed by atoms with Gasteiger partial charge in [-0.05, 0) is 18.2 Å². The Labute approximate surface area is 158 Å². The molecule has 150 valence electrons. The number of esters is 1. The molecule has 0 unspecified atom stereocenters. The Morgan fingerprint density at radius 1 is 1.18 bits per heavy atom. The molecule has 2 rings (SSSR count). The molecule has 0 N–H and O–H groups in total. The summed E-state index contributed by atoms with van der Waals surface area (Å²) < 4.78 is 44.4. The fourth-order valence-corrected chi connectivity index (χ4v) is 2.22. The zero-order chi connectivity index (χ0) is 20.5. The van der Waals surface area contributed by atoms with E-state index in [-0.39, 0.29) is 24.3 Å². The second kappa shape index (κ2) is 10.0. The summed E-state index contributed by atoms with van der Waals surface area (Å²) in [5, 5.41) is 11.2. The predicted molar refractivity (Wildman–Crippen MR) is 92.6 cm³/mol. The Bertz CT molecular complexity index is 815. The first kappa shape index (κ1) is 20.9. The number of benzene rings is 2. The Hall–Kier alpha value is -3.43. The van der Waals surface area contributed by atoms with Crippen LogP contribution in [0.4, 0.5) is 14.5 Å². The molecule has 0 fully saturated rings. The molecule has 0 aliphatic rings. The maximum Gasteiger partial charge on any atom is 0.387 e. The lowest BCUT2D eigenvalue weighted by atomic mass is 10.1. The number of hydrogen-bond acceptors (Lipinski definition) is 7. The molecule has 0 radical (unpaired) electrons. The number of nitro groups is 1. The number of halogens is 2. The van der Waals surface area contributed by atoms with E-state index in [0.717, 1.165) is 12.1 Å². The van der Waals surface area contributed by atoms with Crippen LogP contribution in [0.2, 0.25) is 0 Å². The van der Waals surface area contributed by atoms with Crippen LogP contribution in [0, 0.1) is 10.1 Å². The molecule has 0 aromatic heterocycles. The molecule has 0 atom stereocenters. The highest BCUT2D eigenvalue weighted by Gasteiger charge is 2.22. The van der Waals surface area contributed by atoms with Crippen LogP contribution in [0.15, 0.2) is 42.5 Å². The van der Waals surface area contributed by atoms with Gasteiger partial charge in [-0.25, -0.2) is 0 Å². The van der Waals surface area contributed by atoms with Crippen LogP contribution in [-0.4, -0.2) is 31.2 Å². The summed E-state index contributed by atoms with van der Waals surface area (Å²) in [5.41, 5.74) is -0.564. The summed E-state index contributed by atoms with van der Waals surface area (Å²) in [5.74, 6) is -0.692. The van der Waals surface area contributed by atoms with Gasteiger partial charge < -0.3 is 18.9 Å². The maximum atomic E-state index is 12.4. The molecule has 0 aliphatic heterocycles. The molecule has 0 bridgehead atoms. The van der Waals surface area contributed by atoms with Crippen molar-refractivity contribution in [1.29, 1.82) is 0 Å². The van der Waals surface area contributed by atoms with Crippen molar-refractivity contribution in [3.63, 3.8) is 0 Å². The third-order valence-corrected chi connectivity index (χ3v) is 3.48. The zero-order valence-electron chi connectivity index (χ0n) is 14.8. The fourth-order valence-electron chi connectivity index (χ4n) is 2.22. The highest BCUT2D eigenvalue weighted by atomic mass is 19.3. The van der Waals surface area contributed by atoms with Gasteiger partial charge in [-0.2, -0.15) is 8.78 Å². The van der Waals surface area contributed by atoms with E-state index in [9.17, 15) is 23.7 Å². The van der Waals surface area contributed by atoms with Crippen molar-refractivity contribution < 1.29 is 37.4 Å². The van der Waals surface area contributed by atoms with E-state index < -0.39 is 35.5 Å². The van der Waals surface area contributed by atoms with Crippen LogP contribution in [0.1, 0.15) is 12.0 Å². The average molecular weight is 397 g/mol. The van der Waals surface area contributed by atoms with E-state index >= 15 is 0 Å². The van der Waals surface area contributed by atoms with E-state index in [1.165, 1.54) is 7.11 Å². The van der Waals surface area contributed by atoms with Crippen molar-refractivity contribution in [1.82, 2.24) is 0 Å². The van der Waals surface area contributed by atoms with Gasteiger partial charge in [-0.15, -0.1) is 0 Å². The number of methoxy groups -OCH3 is 1. The van der Waals surface area contributed by atoms with Gasteiger partial charge in [0.25, 0.3) is 5.69 Å². The molecule has 28 heavy (non-hydrogen) atoms. The minimum absolute atomic E-state index is 0.0270. The smallest absolute Gasteiger partial charge is 0.387 e. The number of ether oxygens (including phenoxy) is 4. The second-order valence-electron chi connectivity index (χ2n) is 5.34. The Morgan fingerprint density at radius 3 is 2.50 bits per heavy atom. The van der Waals surface area contributed by atoms with Crippen molar-refractivity contribution in [3.05, 3.63) is 58.1 Å². The molecule has 8 nitrogen and oxygen atoms in total. The quantitative estimate of drug-likeness (QED) is 0.342. The lowest BCUT2D eigenvalue weighted by Gasteiger charge is -2.12. The van der Waals surface area contributed by atoms with Gasteiger partial charge in [-0.1, -0.05) is 18.2 Å². The van der Waals surface area contributed by atoms with Crippen molar-refractivity contribution in [2.24, 2.45) is 0 Å². The molecule has 0 saturated heterocycles. The minimum atomic E-state index is -3.18.